The Labute approximate surface area is 134 Å². The molecule has 1 aliphatic rings. The van der Waals surface area contributed by atoms with E-state index in [2.05, 4.69) is 16.3 Å². The van der Waals surface area contributed by atoms with Crippen LogP contribution in [0.2, 0.25) is 4.34 Å². The van der Waals surface area contributed by atoms with E-state index < -0.39 is 0 Å². The molecule has 1 aromatic heterocycles. The number of piperazine rings is 1. The van der Waals surface area contributed by atoms with E-state index in [1.54, 1.807) is 18.4 Å². The van der Waals surface area contributed by atoms with Gasteiger partial charge in [-0.15, -0.1) is 11.3 Å². The van der Waals surface area contributed by atoms with Gasteiger partial charge < -0.3 is 15.0 Å². The predicted molar refractivity (Wildman–Crippen MR) is 86.0 cm³/mol. The summed E-state index contributed by atoms with van der Waals surface area (Å²) in [5, 5.41) is 2.95. The number of halogens is 1. The molecule has 118 valence electrons. The molecule has 5 nitrogen and oxygen atoms in total. The monoisotopic (exact) mass is 331 g/mol. The van der Waals surface area contributed by atoms with Gasteiger partial charge in [-0.1, -0.05) is 11.6 Å². The highest BCUT2D eigenvalue weighted by Gasteiger charge is 2.22. The van der Waals surface area contributed by atoms with Crippen LogP contribution in [0, 0.1) is 0 Å². The van der Waals surface area contributed by atoms with E-state index in [1.165, 1.54) is 4.88 Å². The molecule has 0 bridgehead atoms. The van der Waals surface area contributed by atoms with Crippen LogP contribution in [0.4, 0.5) is 4.79 Å². The van der Waals surface area contributed by atoms with Gasteiger partial charge in [0.2, 0.25) is 0 Å². The maximum Gasteiger partial charge on any atom is 0.317 e. The van der Waals surface area contributed by atoms with Crippen LogP contribution in [0.3, 0.4) is 0 Å². The molecule has 1 aromatic rings. The molecule has 0 saturated carbocycles. The van der Waals surface area contributed by atoms with Crippen LogP contribution in [-0.2, 0) is 11.3 Å². The van der Waals surface area contributed by atoms with E-state index in [0.717, 1.165) is 37.1 Å². The SMILES string of the molecule is COC[C@H](C)NC(=O)N1CCN(Cc2ccc(Cl)s2)CC1. The summed E-state index contributed by atoms with van der Waals surface area (Å²) in [5.74, 6) is 0. The van der Waals surface area contributed by atoms with Crippen LogP contribution >= 0.6 is 22.9 Å². The Hall–Kier alpha value is -0.820. The molecule has 0 radical (unpaired) electrons. The van der Waals surface area contributed by atoms with Crippen molar-refractivity contribution in [1.82, 2.24) is 15.1 Å². The van der Waals surface area contributed by atoms with Crippen LogP contribution in [0.1, 0.15) is 11.8 Å². The van der Waals surface area contributed by atoms with Crippen LogP contribution in [0.5, 0.6) is 0 Å². The number of amides is 2. The lowest BCUT2D eigenvalue weighted by atomic mass is 10.3. The van der Waals surface area contributed by atoms with Crippen molar-refractivity contribution >= 4 is 29.0 Å². The molecular weight excluding hydrogens is 310 g/mol. The highest BCUT2D eigenvalue weighted by Crippen LogP contribution is 2.23. The fourth-order valence-electron chi connectivity index (χ4n) is 2.36. The fraction of sp³-hybridized carbons (Fsp3) is 0.643. The van der Waals surface area contributed by atoms with Crippen molar-refractivity contribution in [2.75, 3.05) is 39.9 Å². The molecule has 0 aromatic carbocycles. The molecule has 0 spiro atoms. The molecule has 7 heteroatoms. The Bertz CT molecular complexity index is 461. The zero-order valence-corrected chi connectivity index (χ0v) is 14.0. The third-order valence-corrected chi connectivity index (χ3v) is 4.67. The number of ether oxygens (including phenoxy) is 1. The number of methoxy groups -OCH3 is 1. The number of nitrogens with zero attached hydrogens (tertiary/aromatic N) is 2. The third-order valence-electron chi connectivity index (χ3n) is 3.45. The van der Waals surface area contributed by atoms with E-state index in [1.807, 2.05) is 17.9 Å². The normalized spacial score (nSPS) is 17.8. The second-order valence-corrected chi connectivity index (χ2v) is 7.07. The first-order chi connectivity index (χ1) is 10.1. The van der Waals surface area contributed by atoms with E-state index >= 15 is 0 Å². The minimum atomic E-state index is -0.00151. The predicted octanol–water partition coefficient (Wildman–Crippen LogP) is 2.26. The zero-order valence-electron chi connectivity index (χ0n) is 12.5. The van der Waals surface area contributed by atoms with Crippen molar-refractivity contribution < 1.29 is 9.53 Å². The molecule has 1 aliphatic heterocycles. The first kappa shape index (κ1) is 16.5. The number of thiophene rings is 1. The van der Waals surface area contributed by atoms with Crippen molar-refractivity contribution in [1.29, 1.82) is 0 Å². The number of urea groups is 1. The Morgan fingerprint density at radius 3 is 2.71 bits per heavy atom. The van der Waals surface area contributed by atoms with Gasteiger partial charge in [-0.2, -0.15) is 0 Å². The van der Waals surface area contributed by atoms with E-state index in [9.17, 15) is 4.79 Å². The van der Waals surface area contributed by atoms with Crippen LogP contribution in [0.25, 0.3) is 0 Å². The second-order valence-electron chi connectivity index (χ2n) is 5.27. The lowest BCUT2D eigenvalue weighted by Crippen LogP contribution is -2.53. The molecule has 1 atom stereocenters. The zero-order chi connectivity index (χ0) is 15.2. The van der Waals surface area contributed by atoms with E-state index in [4.69, 9.17) is 16.3 Å². The number of hydrogen-bond acceptors (Lipinski definition) is 4. The van der Waals surface area contributed by atoms with Gasteiger partial charge >= 0.3 is 6.03 Å². The Morgan fingerprint density at radius 1 is 1.43 bits per heavy atom. The van der Waals surface area contributed by atoms with Crippen molar-refractivity contribution in [2.24, 2.45) is 0 Å². The van der Waals surface area contributed by atoms with Gasteiger partial charge in [-0.25, -0.2) is 4.79 Å². The molecule has 1 fully saturated rings. The van der Waals surface area contributed by atoms with Gasteiger partial charge in [0.15, 0.2) is 0 Å². The summed E-state index contributed by atoms with van der Waals surface area (Å²) in [6.45, 7) is 6.68. The quantitative estimate of drug-likeness (QED) is 0.900. The van der Waals surface area contributed by atoms with Crippen molar-refractivity contribution in [3.63, 3.8) is 0 Å². The molecular formula is C14H22ClN3O2S. The Kier molecular flexibility index (Phi) is 6.29. The smallest absolute Gasteiger partial charge is 0.317 e. The summed E-state index contributed by atoms with van der Waals surface area (Å²) < 4.78 is 5.86. The third kappa shape index (κ3) is 5.14. The second kappa shape index (κ2) is 7.98. The van der Waals surface area contributed by atoms with Crippen molar-refractivity contribution in [3.8, 4) is 0 Å². The molecule has 2 amide bonds. The maximum atomic E-state index is 12.1. The number of rotatable bonds is 5. The van der Waals surface area contributed by atoms with Crippen molar-refractivity contribution in [2.45, 2.75) is 19.5 Å². The summed E-state index contributed by atoms with van der Waals surface area (Å²) in [6.07, 6.45) is 0. The average molecular weight is 332 g/mol. The van der Waals surface area contributed by atoms with Crippen LogP contribution < -0.4 is 5.32 Å². The number of carbonyl (C=O) groups is 1. The lowest BCUT2D eigenvalue weighted by molar-refractivity contribution is 0.126. The highest BCUT2D eigenvalue weighted by atomic mass is 35.5. The topological polar surface area (TPSA) is 44.8 Å². The minimum Gasteiger partial charge on any atom is -0.383 e. The first-order valence-corrected chi connectivity index (χ1v) is 8.29. The maximum absolute atomic E-state index is 12.1. The Balaban J connectivity index is 1.73. The van der Waals surface area contributed by atoms with Gasteiger partial charge in [0, 0.05) is 44.7 Å². The molecule has 1 saturated heterocycles. The molecule has 2 heterocycles. The van der Waals surface area contributed by atoms with Gasteiger partial charge in [0.1, 0.15) is 0 Å². The lowest BCUT2D eigenvalue weighted by Gasteiger charge is -2.35. The van der Waals surface area contributed by atoms with Crippen LogP contribution in [0.15, 0.2) is 12.1 Å². The minimum absolute atomic E-state index is 0.00151. The van der Waals surface area contributed by atoms with E-state index in [0.29, 0.717) is 6.61 Å². The number of nitrogens with one attached hydrogen (secondary N) is 1. The van der Waals surface area contributed by atoms with E-state index in [-0.39, 0.29) is 12.1 Å². The first-order valence-electron chi connectivity index (χ1n) is 7.09. The summed E-state index contributed by atoms with van der Waals surface area (Å²) in [7, 11) is 1.64. The fourth-order valence-corrected chi connectivity index (χ4v) is 3.49. The summed E-state index contributed by atoms with van der Waals surface area (Å²) in [4.78, 5) is 17.6. The number of carbonyl (C=O) groups excluding carboxylic acids is 1. The molecule has 21 heavy (non-hydrogen) atoms. The standard InChI is InChI=1S/C14H22ClN3O2S/c1-11(10-20-2)16-14(19)18-7-5-17(6-8-18)9-12-3-4-13(15)21-12/h3-4,11H,5-10H2,1-2H3,(H,16,19)/t11-/m0/s1. The van der Waals surface area contributed by atoms with Gasteiger partial charge in [-0.05, 0) is 19.1 Å². The average Bonchev–Trinajstić information content (AvgIpc) is 2.85. The largest absolute Gasteiger partial charge is 0.383 e. The van der Waals surface area contributed by atoms with Gasteiger partial charge in [0.25, 0.3) is 0 Å². The number of hydrogen-bond donors (Lipinski definition) is 1. The summed E-state index contributed by atoms with van der Waals surface area (Å²) in [6, 6.07) is 4.04. The Morgan fingerprint density at radius 2 is 2.14 bits per heavy atom. The van der Waals surface area contributed by atoms with Gasteiger partial charge in [-0.3, -0.25) is 4.90 Å². The van der Waals surface area contributed by atoms with Gasteiger partial charge in [0.05, 0.1) is 17.0 Å². The highest BCUT2D eigenvalue weighted by molar-refractivity contribution is 7.16. The summed E-state index contributed by atoms with van der Waals surface area (Å²) >= 11 is 7.56. The molecule has 0 aliphatic carbocycles. The summed E-state index contributed by atoms with van der Waals surface area (Å²) in [5.41, 5.74) is 0. The van der Waals surface area contributed by atoms with Crippen molar-refractivity contribution in [3.05, 3.63) is 21.3 Å². The molecule has 1 N–H and O–H groups in total. The molecule has 0 unspecified atom stereocenters. The van der Waals surface area contributed by atoms with Crippen LogP contribution in [-0.4, -0.2) is 61.8 Å². The molecule has 2 rings (SSSR count).